The van der Waals surface area contributed by atoms with Gasteiger partial charge in [-0.2, -0.15) is 0 Å². The van der Waals surface area contributed by atoms with Crippen LogP contribution in [0, 0.1) is 0 Å². The summed E-state index contributed by atoms with van der Waals surface area (Å²) >= 11 is 3.48. The first-order valence-electron chi connectivity index (χ1n) is 8.07. The molecule has 0 unspecified atom stereocenters. The average Bonchev–Trinajstić information content (AvgIpc) is 2.49. The Morgan fingerprint density at radius 3 is 2.71 bits per heavy atom. The quantitative estimate of drug-likeness (QED) is 0.767. The molecule has 0 saturated carbocycles. The lowest BCUT2D eigenvalue weighted by Gasteiger charge is -2.25. The smallest absolute Gasteiger partial charge is 0.407 e. The second-order valence-corrected chi connectivity index (χ2v) is 7.31. The van der Waals surface area contributed by atoms with Gasteiger partial charge in [-0.3, -0.25) is 0 Å². The zero-order chi connectivity index (χ0) is 17.7. The number of nitrogens with one attached hydrogen (secondary N) is 1. The Balaban J connectivity index is 2.08. The maximum Gasteiger partial charge on any atom is 0.407 e. The number of aromatic nitrogens is 1. The van der Waals surface area contributed by atoms with E-state index in [1.165, 1.54) is 0 Å². The predicted molar refractivity (Wildman–Crippen MR) is 102 cm³/mol. The molecule has 1 heterocycles. The van der Waals surface area contributed by atoms with Gasteiger partial charge in [0.1, 0.15) is 16.0 Å². The largest absolute Gasteiger partial charge is 0.444 e. The van der Waals surface area contributed by atoms with Gasteiger partial charge in [-0.25, -0.2) is 9.78 Å². The van der Waals surface area contributed by atoms with E-state index < -0.39 is 11.7 Å². The van der Waals surface area contributed by atoms with Crippen LogP contribution in [0.2, 0.25) is 0 Å². The van der Waals surface area contributed by atoms with Gasteiger partial charge >= 0.3 is 6.09 Å². The maximum atomic E-state index is 11.8. The fourth-order valence-electron chi connectivity index (χ4n) is 2.41. The molecule has 130 valence electrons. The number of fused-ring (bicyclic) bond motifs is 1. The summed E-state index contributed by atoms with van der Waals surface area (Å²) in [5.74, 6) is 0.911. The number of nitrogens with zero attached hydrogens (tertiary/aromatic N) is 2. The third-order valence-corrected chi connectivity index (χ3v) is 3.83. The molecule has 2 rings (SSSR count). The summed E-state index contributed by atoms with van der Waals surface area (Å²) < 4.78 is 6.06. The molecule has 1 amide bonds. The molecule has 2 aromatic rings. The number of benzene rings is 1. The standard InChI is InChI=1S/C18H24BrN3O2/c1-5-22(11-10-20-17(23)24-18(2,3)4)16-14-9-7-6-8-13(14)12-15(19)21-16/h6-9,12H,5,10-11H2,1-4H3,(H,20,23). The second kappa shape index (κ2) is 7.83. The lowest BCUT2D eigenvalue weighted by molar-refractivity contribution is 0.0529. The van der Waals surface area contributed by atoms with E-state index >= 15 is 0 Å². The van der Waals surface area contributed by atoms with Crippen molar-refractivity contribution in [3.05, 3.63) is 34.9 Å². The van der Waals surface area contributed by atoms with Crippen LogP contribution in [0.1, 0.15) is 27.7 Å². The lowest BCUT2D eigenvalue weighted by atomic mass is 10.1. The number of pyridine rings is 1. The van der Waals surface area contributed by atoms with Gasteiger partial charge in [0.15, 0.2) is 0 Å². The van der Waals surface area contributed by atoms with E-state index in [9.17, 15) is 4.79 Å². The first-order valence-corrected chi connectivity index (χ1v) is 8.86. The van der Waals surface area contributed by atoms with Gasteiger partial charge in [0.05, 0.1) is 0 Å². The van der Waals surface area contributed by atoms with Crippen LogP contribution < -0.4 is 10.2 Å². The third-order valence-electron chi connectivity index (χ3n) is 3.42. The molecule has 1 aromatic carbocycles. The summed E-state index contributed by atoms with van der Waals surface area (Å²) in [4.78, 5) is 18.5. The highest BCUT2D eigenvalue weighted by atomic mass is 79.9. The van der Waals surface area contributed by atoms with E-state index in [0.717, 1.165) is 27.7 Å². The second-order valence-electron chi connectivity index (χ2n) is 6.50. The Morgan fingerprint density at radius 1 is 1.33 bits per heavy atom. The first kappa shape index (κ1) is 18.5. The molecule has 0 fully saturated rings. The Hall–Kier alpha value is -1.82. The summed E-state index contributed by atoms with van der Waals surface area (Å²) in [6, 6.07) is 10.2. The Labute approximate surface area is 151 Å². The topological polar surface area (TPSA) is 54.5 Å². The summed E-state index contributed by atoms with van der Waals surface area (Å²) in [5, 5.41) is 5.02. The summed E-state index contributed by atoms with van der Waals surface area (Å²) in [6.07, 6.45) is -0.398. The van der Waals surface area contributed by atoms with Crippen LogP contribution in [0.4, 0.5) is 10.6 Å². The SMILES string of the molecule is CCN(CCNC(=O)OC(C)(C)C)c1nc(Br)cc2ccccc12. The average molecular weight is 394 g/mol. The maximum absolute atomic E-state index is 11.8. The van der Waals surface area contributed by atoms with Crippen molar-refractivity contribution in [1.29, 1.82) is 0 Å². The molecule has 0 aliphatic rings. The van der Waals surface area contributed by atoms with Crippen molar-refractivity contribution in [2.45, 2.75) is 33.3 Å². The zero-order valence-corrected chi connectivity index (χ0v) is 16.2. The lowest BCUT2D eigenvalue weighted by Crippen LogP contribution is -2.38. The molecule has 0 saturated heterocycles. The van der Waals surface area contributed by atoms with E-state index in [-0.39, 0.29) is 0 Å². The fraction of sp³-hybridized carbons (Fsp3) is 0.444. The van der Waals surface area contributed by atoms with Crippen LogP contribution >= 0.6 is 15.9 Å². The van der Waals surface area contributed by atoms with Crippen molar-refractivity contribution in [1.82, 2.24) is 10.3 Å². The number of rotatable bonds is 5. The van der Waals surface area contributed by atoms with Crippen molar-refractivity contribution in [2.24, 2.45) is 0 Å². The normalized spacial score (nSPS) is 11.4. The van der Waals surface area contributed by atoms with Gasteiger partial charge < -0.3 is 15.0 Å². The molecule has 0 aliphatic carbocycles. The highest BCUT2D eigenvalue weighted by Gasteiger charge is 2.16. The zero-order valence-electron chi connectivity index (χ0n) is 14.6. The van der Waals surface area contributed by atoms with Crippen LogP contribution in [-0.4, -0.2) is 36.3 Å². The Bertz CT molecular complexity index is 713. The molecular weight excluding hydrogens is 370 g/mol. The van der Waals surface area contributed by atoms with E-state index in [4.69, 9.17) is 4.74 Å². The highest BCUT2D eigenvalue weighted by molar-refractivity contribution is 9.10. The van der Waals surface area contributed by atoms with Crippen molar-refractivity contribution in [3.63, 3.8) is 0 Å². The number of anilines is 1. The Kier molecular flexibility index (Phi) is 6.04. The number of carbonyl (C=O) groups excluding carboxylic acids is 1. The predicted octanol–water partition coefficient (Wildman–Crippen LogP) is 4.35. The van der Waals surface area contributed by atoms with Gasteiger partial charge in [0, 0.05) is 25.0 Å². The van der Waals surface area contributed by atoms with Crippen molar-refractivity contribution in [2.75, 3.05) is 24.5 Å². The number of carbonyl (C=O) groups is 1. The van der Waals surface area contributed by atoms with Crippen LogP contribution in [0.15, 0.2) is 34.9 Å². The third kappa shape index (κ3) is 5.09. The monoisotopic (exact) mass is 393 g/mol. The van der Waals surface area contributed by atoms with Crippen molar-refractivity contribution >= 4 is 38.6 Å². The van der Waals surface area contributed by atoms with Gasteiger partial charge in [-0.05, 0) is 55.1 Å². The molecule has 0 spiro atoms. The van der Waals surface area contributed by atoms with E-state index in [0.29, 0.717) is 13.1 Å². The molecule has 0 atom stereocenters. The number of ether oxygens (including phenoxy) is 1. The molecule has 6 heteroatoms. The van der Waals surface area contributed by atoms with Crippen molar-refractivity contribution in [3.8, 4) is 0 Å². The molecule has 0 bridgehead atoms. The molecule has 1 N–H and O–H groups in total. The van der Waals surface area contributed by atoms with Gasteiger partial charge in [0.25, 0.3) is 0 Å². The van der Waals surface area contributed by atoms with Gasteiger partial charge in [-0.1, -0.05) is 24.3 Å². The van der Waals surface area contributed by atoms with Crippen LogP contribution in [-0.2, 0) is 4.74 Å². The minimum Gasteiger partial charge on any atom is -0.444 e. The molecule has 24 heavy (non-hydrogen) atoms. The first-order chi connectivity index (χ1) is 11.3. The van der Waals surface area contributed by atoms with Crippen LogP contribution in [0.25, 0.3) is 10.8 Å². The van der Waals surface area contributed by atoms with E-state index in [1.807, 2.05) is 39.0 Å². The number of likely N-dealkylation sites (N-methyl/N-ethyl adjacent to an activating group) is 1. The summed E-state index contributed by atoms with van der Waals surface area (Å²) in [5.41, 5.74) is -0.490. The number of amides is 1. The van der Waals surface area contributed by atoms with Gasteiger partial charge in [0.2, 0.25) is 0 Å². The van der Waals surface area contributed by atoms with Crippen LogP contribution in [0.3, 0.4) is 0 Å². The fourth-order valence-corrected chi connectivity index (χ4v) is 2.83. The minimum atomic E-state index is -0.490. The number of hydrogen-bond donors (Lipinski definition) is 1. The minimum absolute atomic E-state index is 0.398. The van der Waals surface area contributed by atoms with E-state index in [2.05, 4.69) is 50.2 Å². The molecular formula is C18H24BrN3O2. The molecule has 1 aromatic heterocycles. The van der Waals surface area contributed by atoms with Gasteiger partial charge in [-0.15, -0.1) is 0 Å². The highest BCUT2D eigenvalue weighted by Crippen LogP contribution is 2.27. The number of hydrogen-bond acceptors (Lipinski definition) is 4. The van der Waals surface area contributed by atoms with Crippen molar-refractivity contribution < 1.29 is 9.53 Å². The molecule has 0 aliphatic heterocycles. The summed E-state index contributed by atoms with van der Waals surface area (Å²) in [7, 11) is 0. The summed E-state index contributed by atoms with van der Waals surface area (Å²) in [6.45, 7) is 9.57. The van der Waals surface area contributed by atoms with Crippen LogP contribution in [0.5, 0.6) is 0 Å². The molecule has 0 radical (unpaired) electrons. The molecule has 5 nitrogen and oxygen atoms in total. The number of halogens is 1. The van der Waals surface area contributed by atoms with E-state index in [1.54, 1.807) is 0 Å². The number of alkyl carbamates (subject to hydrolysis) is 1. The Morgan fingerprint density at radius 2 is 2.04 bits per heavy atom.